The number of carbonyl (C=O) groups excluding carboxylic acids is 1. The molecule has 3 N–H and O–H groups in total. The summed E-state index contributed by atoms with van der Waals surface area (Å²) < 4.78 is 20.9. The quantitative estimate of drug-likeness (QED) is 0.617. The Bertz CT molecular complexity index is 1090. The van der Waals surface area contributed by atoms with Crippen LogP contribution in [0.1, 0.15) is 44.9 Å². The van der Waals surface area contributed by atoms with E-state index in [1.54, 1.807) is 33.0 Å². The van der Waals surface area contributed by atoms with E-state index in [4.69, 9.17) is 21.4 Å². The first-order valence-electron chi connectivity index (χ1n) is 9.02. The molecule has 1 amide bonds. The summed E-state index contributed by atoms with van der Waals surface area (Å²) in [6.07, 6.45) is 0. The highest BCUT2D eigenvalue weighted by Crippen LogP contribution is 2.29. The summed E-state index contributed by atoms with van der Waals surface area (Å²) in [6.45, 7) is 3.50. The van der Waals surface area contributed by atoms with Gasteiger partial charge in [0.15, 0.2) is 5.56 Å². The maximum atomic E-state index is 13.6. The summed E-state index contributed by atoms with van der Waals surface area (Å²) >= 11 is 5.88. The fourth-order valence-corrected chi connectivity index (χ4v) is 3.25. The van der Waals surface area contributed by atoms with Crippen molar-refractivity contribution in [3.8, 4) is 11.6 Å². The van der Waals surface area contributed by atoms with Crippen molar-refractivity contribution in [3.05, 3.63) is 75.7 Å². The number of nitrogens with zero attached hydrogens (tertiary/aromatic N) is 1. The van der Waals surface area contributed by atoms with Gasteiger partial charge in [0.25, 0.3) is 11.8 Å². The van der Waals surface area contributed by atoms with Gasteiger partial charge in [0.05, 0.1) is 18.7 Å². The fourth-order valence-electron chi connectivity index (χ4n) is 3.04. The van der Waals surface area contributed by atoms with E-state index in [0.29, 0.717) is 5.69 Å². The summed E-state index contributed by atoms with van der Waals surface area (Å²) in [5.41, 5.74) is 1.72. The number of aromatic amines is 1. The molecule has 156 valence electrons. The van der Waals surface area contributed by atoms with E-state index >= 15 is 0 Å². The van der Waals surface area contributed by atoms with Gasteiger partial charge in [0.1, 0.15) is 11.6 Å². The lowest BCUT2D eigenvalue weighted by molar-refractivity contribution is -0.493. The number of carbonyl (C=O) groups is 2. The number of aryl methyl sites for hydroxylation is 2. The van der Waals surface area contributed by atoms with Crippen molar-refractivity contribution >= 4 is 23.5 Å². The van der Waals surface area contributed by atoms with Gasteiger partial charge in [-0.1, -0.05) is 23.7 Å². The third-order valence-electron chi connectivity index (χ3n) is 4.51. The molecule has 1 heterocycles. The number of rotatable bonds is 6. The van der Waals surface area contributed by atoms with Crippen molar-refractivity contribution in [1.29, 1.82) is 0 Å². The molecule has 0 spiro atoms. The normalized spacial score (nSPS) is 11.8. The standard InChI is InChI=1S/C21H19ClFN3O4/c1-11(13-4-6-14(7-5-13)21(28)29)24-19(27)18-12(2)25-26(3)20(18)30-17-9-15(22)8-16(23)10-17/h4-11H,1-3H3,(H,24,27)(H,28,29)/p+1/t11-/m0/s1. The lowest BCUT2D eigenvalue weighted by atomic mass is 10.1. The Morgan fingerprint density at radius 1 is 1.23 bits per heavy atom. The Morgan fingerprint density at radius 3 is 2.50 bits per heavy atom. The van der Waals surface area contributed by atoms with E-state index in [0.717, 1.165) is 11.6 Å². The van der Waals surface area contributed by atoms with Crippen molar-refractivity contribution in [2.24, 2.45) is 7.05 Å². The molecule has 0 saturated heterocycles. The molecule has 7 nitrogen and oxygen atoms in total. The SMILES string of the molecule is Cc1[nH+]n(C)c(Oc2cc(F)cc(Cl)c2)c1C(=O)N[C@@H](C)c1ccc(C(=O)O)cc1. The minimum atomic E-state index is -1.02. The van der Waals surface area contributed by atoms with E-state index in [1.165, 1.54) is 28.9 Å². The van der Waals surface area contributed by atoms with Crippen LogP contribution < -0.4 is 15.2 Å². The Hall–Kier alpha value is -3.39. The number of aromatic nitrogens is 2. The van der Waals surface area contributed by atoms with Crippen molar-refractivity contribution in [2.75, 3.05) is 0 Å². The molecule has 2 aromatic carbocycles. The van der Waals surface area contributed by atoms with Crippen LogP contribution in [-0.4, -0.2) is 21.7 Å². The molecule has 0 aliphatic rings. The molecule has 0 bridgehead atoms. The first kappa shape index (κ1) is 21.3. The maximum absolute atomic E-state index is 13.6. The number of aromatic carboxylic acids is 1. The topological polar surface area (TPSA) is 94.7 Å². The zero-order valence-corrected chi connectivity index (χ0v) is 17.2. The van der Waals surface area contributed by atoms with E-state index in [2.05, 4.69) is 10.4 Å². The minimum absolute atomic E-state index is 0.154. The van der Waals surface area contributed by atoms with Gasteiger partial charge >= 0.3 is 5.97 Å². The highest BCUT2D eigenvalue weighted by molar-refractivity contribution is 6.30. The second-order valence-electron chi connectivity index (χ2n) is 6.81. The first-order valence-corrected chi connectivity index (χ1v) is 9.40. The Balaban J connectivity index is 1.84. The van der Waals surface area contributed by atoms with Crippen molar-refractivity contribution in [1.82, 2.24) is 10.00 Å². The second-order valence-corrected chi connectivity index (χ2v) is 7.24. The van der Waals surface area contributed by atoms with Gasteiger partial charge in [-0.15, -0.1) is 9.78 Å². The predicted octanol–water partition coefficient (Wildman–Crippen LogP) is 3.92. The summed E-state index contributed by atoms with van der Waals surface area (Å²) in [5.74, 6) is -1.64. The molecule has 3 aromatic rings. The molecule has 1 atom stereocenters. The van der Waals surface area contributed by atoms with Crippen LogP contribution in [0.5, 0.6) is 11.6 Å². The van der Waals surface area contributed by atoms with Gasteiger partial charge in [-0.05, 0) is 36.8 Å². The number of halogens is 2. The maximum Gasteiger partial charge on any atom is 0.335 e. The van der Waals surface area contributed by atoms with Gasteiger partial charge in [0.2, 0.25) is 5.69 Å². The van der Waals surface area contributed by atoms with Crippen LogP contribution in [0.25, 0.3) is 0 Å². The van der Waals surface area contributed by atoms with E-state index in [9.17, 15) is 14.0 Å². The van der Waals surface area contributed by atoms with Gasteiger partial charge in [0, 0.05) is 18.0 Å². The van der Waals surface area contributed by atoms with Gasteiger partial charge < -0.3 is 15.2 Å². The van der Waals surface area contributed by atoms with E-state index < -0.39 is 23.7 Å². The Kier molecular flexibility index (Phi) is 6.07. The molecule has 3 rings (SSSR count). The summed E-state index contributed by atoms with van der Waals surface area (Å²) in [4.78, 5) is 24.0. The van der Waals surface area contributed by atoms with Crippen LogP contribution in [0.4, 0.5) is 4.39 Å². The highest BCUT2D eigenvalue weighted by atomic mass is 35.5. The molecule has 1 aromatic heterocycles. The third kappa shape index (κ3) is 4.60. The minimum Gasteiger partial charge on any atom is -0.478 e. The smallest absolute Gasteiger partial charge is 0.335 e. The zero-order chi connectivity index (χ0) is 22.0. The monoisotopic (exact) mass is 432 g/mol. The van der Waals surface area contributed by atoms with Crippen LogP contribution in [-0.2, 0) is 7.05 Å². The van der Waals surface area contributed by atoms with Crippen molar-refractivity contribution in [2.45, 2.75) is 19.9 Å². The number of ether oxygens (including phenoxy) is 1. The van der Waals surface area contributed by atoms with Gasteiger partial charge in [-0.3, -0.25) is 4.79 Å². The van der Waals surface area contributed by atoms with Crippen molar-refractivity contribution < 1.29 is 28.9 Å². The van der Waals surface area contributed by atoms with Crippen LogP contribution >= 0.6 is 11.6 Å². The van der Waals surface area contributed by atoms with Gasteiger partial charge in [-0.2, -0.15) is 0 Å². The first-order chi connectivity index (χ1) is 14.2. The largest absolute Gasteiger partial charge is 0.478 e. The molecule has 0 aliphatic carbocycles. The summed E-state index contributed by atoms with van der Waals surface area (Å²) in [6, 6.07) is 9.62. The Morgan fingerprint density at radius 2 is 1.90 bits per heavy atom. The molecule has 0 unspecified atom stereocenters. The van der Waals surface area contributed by atoms with Crippen molar-refractivity contribution in [3.63, 3.8) is 0 Å². The number of hydrogen-bond acceptors (Lipinski definition) is 3. The summed E-state index contributed by atoms with van der Waals surface area (Å²) in [5, 5.41) is 15.0. The number of benzene rings is 2. The van der Waals surface area contributed by atoms with Crippen LogP contribution in [0.2, 0.25) is 5.02 Å². The van der Waals surface area contributed by atoms with Crippen LogP contribution in [0.15, 0.2) is 42.5 Å². The summed E-state index contributed by atoms with van der Waals surface area (Å²) in [7, 11) is 1.66. The molecule has 0 saturated carbocycles. The van der Waals surface area contributed by atoms with E-state index in [-0.39, 0.29) is 27.8 Å². The number of amides is 1. The molecule has 0 fully saturated rings. The fraction of sp³-hybridized carbons (Fsp3) is 0.190. The zero-order valence-electron chi connectivity index (χ0n) is 16.5. The second kappa shape index (κ2) is 8.54. The number of nitrogens with one attached hydrogen (secondary N) is 2. The highest BCUT2D eigenvalue weighted by Gasteiger charge is 2.28. The molecule has 9 heteroatoms. The number of hydrogen-bond donors (Lipinski definition) is 2. The third-order valence-corrected chi connectivity index (χ3v) is 4.73. The average molecular weight is 433 g/mol. The van der Waals surface area contributed by atoms with Gasteiger partial charge in [-0.25, -0.2) is 9.18 Å². The molecular weight excluding hydrogens is 413 g/mol. The lowest BCUT2D eigenvalue weighted by Crippen LogP contribution is -2.27. The molecule has 0 aliphatic heterocycles. The van der Waals surface area contributed by atoms with Crippen LogP contribution in [0, 0.1) is 12.7 Å². The predicted molar refractivity (Wildman–Crippen MR) is 107 cm³/mol. The van der Waals surface area contributed by atoms with Crippen LogP contribution in [0.3, 0.4) is 0 Å². The molecule has 0 radical (unpaired) electrons. The molecular formula is C21H20ClFN3O4+. The average Bonchev–Trinajstić information content (AvgIpc) is 2.94. The number of carboxylic acids is 1. The lowest BCUT2D eigenvalue weighted by Gasteiger charge is -2.14. The number of H-pyrrole nitrogens is 1. The number of carboxylic acid groups (broad SMARTS) is 1. The van der Waals surface area contributed by atoms with E-state index in [1.807, 2.05) is 0 Å². The molecule has 30 heavy (non-hydrogen) atoms. The Labute approximate surface area is 177 Å².